The number of carbonyl (C=O) groups excluding carboxylic acids is 1. The van der Waals surface area contributed by atoms with Crippen LogP contribution in [0.25, 0.3) is 0 Å². The van der Waals surface area contributed by atoms with Crippen molar-refractivity contribution in [3.05, 3.63) is 52.2 Å². The molecular weight excluding hydrogens is 445 g/mol. The first-order valence-corrected chi connectivity index (χ1v) is 9.12. The Bertz CT molecular complexity index is 1120. The minimum Gasteiger partial charge on any atom is -0.395 e. The molecule has 4 rings (SSSR count). The fourth-order valence-electron chi connectivity index (χ4n) is 2.74. The van der Waals surface area contributed by atoms with Crippen molar-refractivity contribution in [2.24, 2.45) is 7.05 Å². The highest BCUT2D eigenvalue weighted by Crippen LogP contribution is 2.42. The standard InChI is InChI=1S/C17H12Cl2F2N6O3/c1-27-14(22-6-9-5-13(18)26-16(19)25-9)10(7-23-27)15(28)24-8-2-3-11-12(4-8)30-17(20,21)29-11/h2-5,7,22H,6H2,1H3,(H,24,28). The lowest BCUT2D eigenvalue weighted by molar-refractivity contribution is -0.286. The second-order valence-corrected chi connectivity index (χ2v) is 6.84. The van der Waals surface area contributed by atoms with Gasteiger partial charge in [0.2, 0.25) is 5.28 Å². The number of ether oxygens (including phenoxy) is 2. The van der Waals surface area contributed by atoms with Gasteiger partial charge in [-0.15, -0.1) is 8.78 Å². The predicted molar refractivity (Wildman–Crippen MR) is 103 cm³/mol. The summed E-state index contributed by atoms with van der Waals surface area (Å²) in [5.74, 6) is -0.427. The molecule has 2 aromatic heterocycles. The number of fused-ring (bicyclic) bond motifs is 1. The van der Waals surface area contributed by atoms with Crippen LogP contribution >= 0.6 is 23.2 Å². The molecule has 0 bridgehead atoms. The molecule has 0 aliphatic carbocycles. The van der Waals surface area contributed by atoms with Crippen molar-refractivity contribution in [1.82, 2.24) is 19.7 Å². The zero-order valence-corrected chi connectivity index (χ0v) is 16.6. The molecule has 2 N–H and O–H groups in total. The minimum atomic E-state index is -3.74. The van der Waals surface area contributed by atoms with E-state index in [0.717, 1.165) is 0 Å². The number of nitrogens with zero attached hydrogens (tertiary/aromatic N) is 4. The van der Waals surface area contributed by atoms with Gasteiger partial charge in [0.25, 0.3) is 5.91 Å². The lowest BCUT2D eigenvalue weighted by atomic mass is 10.2. The maximum atomic E-state index is 13.1. The fourth-order valence-corrected chi connectivity index (χ4v) is 3.19. The van der Waals surface area contributed by atoms with E-state index >= 15 is 0 Å². The average Bonchev–Trinajstić information content (AvgIpc) is 3.16. The highest BCUT2D eigenvalue weighted by Gasteiger charge is 2.43. The van der Waals surface area contributed by atoms with E-state index in [1.54, 1.807) is 7.05 Å². The molecule has 1 amide bonds. The number of aryl methyl sites for hydroxylation is 1. The van der Waals surface area contributed by atoms with Crippen molar-refractivity contribution < 1.29 is 23.0 Å². The van der Waals surface area contributed by atoms with Gasteiger partial charge in [0.15, 0.2) is 11.5 Å². The molecule has 0 unspecified atom stereocenters. The molecular formula is C17H12Cl2F2N6O3. The molecule has 3 aromatic rings. The van der Waals surface area contributed by atoms with E-state index in [1.807, 2.05) is 0 Å². The number of benzene rings is 1. The SMILES string of the molecule is Cn1ncc(C(=O)Nc2ccc3c(c2)OC(F)(F)O3)c1NCc1cc(Cl)nc(Cl)n1. The average molecular weight is 457 g/mol. The number of halogens is 4. The van der Waals surface area contributed by atoms with Crippen molar-refractivity contribution >= 4 is 40.6 Å². The molecule has 30 heavy (non-hydrogen) atoms. The van der Waals surface area contributed by atoms with E-state index in [9.17, 15) is 13.6 Å². The van der Waals surface area contributed by atoms with Crippen molar-refractivity contribution in [2.75, 3.05) is 10.6 Å². The first-order chi connectivity index (χ1) is 14.2. The van der Waals surface area contributed by atoms with E-state index in [4.69, 9.17) is 23.2 Å². The lowest BCUT2D eigenvalue weighted by Gasteiger charge is -2.10. The fraction of sp³-hybridized carbons (Fsp3) is 0.176. The van der Waals surface area contributed by atoms with Gasteiger partial charge in [-0.25, -0.2) is 9.97 Å². The molecule has 1 aromatic carbocycles. The van der Waals surface area contributed by atoms with E-state index in [0.29, 0.717) is 11.5 Å². The zero-order valence-electron chi connectivity index (χ0n) is 15.1. The number of carbonyl (C=O) groups is 1. The maximum Gasteiger partial charge on any atom is 0.586 e. The van der Waals surface area contributed by atoms with Gasteiger partial charge >= 0.3 is 6.29 Å². The molecule has 0 atom stereocenters. The highest BCUT2D eigenvalue weighted by atomic mass is 35.5. The van der Waals surface area contributed by atoms with Crippen LogP contribution in [0, 0.1) is 0 Å². The Hall–Kier alpha value is -3.18. The Morgan fingerprint density at radius 1 is 1.20 bits per heavy atom. The number of hydrogen-bond acceptors (Lipinski definition) is 7. The summed E-state index contributed by atoms with van der Waals surface area (Å²) >= 11 is 11.7. The number of aromatic nitrogens is 4. The number of amides is 1. The van der Waals surface area contributed by atoms with Gasteiger partial charge in [0, 0.05) is 18.8 Å². The van der Waals surface area contributed by atoms with Crippen LogP contribution in [0.3, 0.4) is 0 Å². The topological polar surface area (TPSA) is 103 Å². The van der Waals surface area contributed by atoms with Crippen LogP contribution < -0.4 is 20.1 Å². The Kier molecular flexibility index (Phi) is 5.08. The summed E-state index contributed by atoms with van der Waals surface area (Å²) < 4.78 is 36.5. The van der Waals surface area contributed by atoms with Crippen LogP contribution in [0.4, 0.5) is 20.3 Å². The number of rotatable bonds is 5. The Balaban J connectivity index is 1.49. The smallest absolute Gasteiger partial charge is 0.395 e. The first-order valence-electron chi connectivity index (χ1n) is 8.36. The molecule has 0 saturated carbocycles. The largest absolute Gasteiger partial charge is 0.586 e. The third kappa shape index (κ3) is 4.21. The summed E-state index contributed by atoms with van der Waals surface area (Å²) in [5.41, 5.74) is 0.959. The molecule has 13 heteroatoms. The van der Waals surface area contributed by atoms with E-state index in [-0.39, 0.29) is 39.7 Å². The van der Waals surface area contributed by atoms with Gasteiger partial charge in [0.1, 0.15) is 16.5 Å². The number of anilines is 2. The van der Waals surface area contributed by atoms with Crippen LogP contribution in [0.2, 0.25) is 10.4 Å². The molecule has 3 heterocycles. The second kappa shape index (κ2) is 7.58. The molecule has 156 valence electrons. The Labute approximate surface area is 177 Å². The lowest BCUT2D eigenvalue weighted by Crippen LogP contribution is -2.25. The molecule has 0 saturated heterocycles. The Morgan fingerprint density at radius 3 is 2.73 bits per heavy atom. The first kappa shape index (κ1) is 20.1. The second-order valence-electron chi connectivity index (χ2n) is 6.12. The minimum absolute atomic E-state index is 0.00402. The van der Waals surface area contributed by atoms with Gasteiger partial charge in [-0.1, -0.05) is 11.6 Å². The normalized spacial score (nSPS) is 13.9. The van der Waals surface area contributed by atoms with Crippen molar-refractivity contribution in [2.45, 2.75) is 12.8 Å². The van der Waals surface area contributed by atoms with Gasteiger partial charge < -0.3 is 20.1 Å². The van der Waals surface area contributed by atoms with Crippen molar-refractivity contribution in [3.8, 4) is 11.5 Å². The van der Waals surface area contributed by atoms with Crippen molar-refractivity contribution in [3.63, 3.8) is 0 Å². The number of nitrogens with one attached hydrogen (secondary N) is 2. The van der Waals surface area contributed by atoms with E-state index in [1.165, 1.54) is 35.1 Å². The van der Waals surface area contributed by atoms with Gasteiger partial charge in [0.05, 0.1) is 18.4 Å². The quantitative estimate of drug-likeness (QED) is 0.445. The highest BCUT2D eigenvalue weighted by molar-refractivity contribution is 6.31. The summed E-state index contributed by atoms with van der Waals surface area (Å²) in [7, 11) is 1.64. The summed E-state index contributed by atoms with van der Waals surface area (Å²) in [6.45, 7) is 0.195. The van der Waals surface area contributed by atoms with Crippen molar-refractivity contribution in [1.29, 1.82) is 0 Å². The predicted octanol–water partition coefficient (Wildman–Crippen LogP) is 3.70. The van der Waals surface area contributed by atoms with Crippen LogP contribution in [-0.2, 0) is 13.6 Å². The molecule has 9 nitrogen and oxygen atoms in total. The molecule has 0 fully saturated rings. The van der Waals surface area contributed by atoms with Crippen LogP contribution in [-0.4, -0.2) is 32.0 Å². The van der Waals surface area contributed by atoms with Crippen LogP contribution in [0.5, 0.6) is 11.5 Å². The monoisotopic (exact) mass is 456 g/mol. The Morgan fingerprint density at radius 2 is 1.97 bits per heavy atom. The van der Waals surface area contributed by atoms with Gasteiger partial charge in [-0.05, 0) is 29.8 Å². The van der Waals surface area contributed by atoms with Crippen LogP contribution in [0.1, 0.15) is 16.1 Å². The summed E-state index contributed by atoms with van der Waals surface area (Å²) in [4.78, 5) is 20.5. The zero-order chi connectivity index (χ0) is 21.5. The molecule has 1 aliphatic rings. The third-order valence-electron chi connectivity index (χ3n) is 4.00. The maximum absolute atomic E-state index is 13.1. The number of hydrogen-bond donors (Lipinski definition) is 2. The van der Waals surface area contributed by atoms with Gasteiger partial charge in [-0.2, -0.15) is 5.10 Å². The summed E-state index contributed by atoms with van der Waals surface area (Å²) in [6, 6.07) is 5.45. The molecule has 0 spiro atoms. The van der Waals surface area contributed by atoms with Crippen LogP contribution in [0.15, 0.2) is 30.5 Å². The van der Waals surface area contributed by atoms with E-state index < -0.39 is 12.2 Å². The summed E-state index contributed by atoms with van der Waals surface area (Å²) in [5, 5.41) is 9.89. The summed E-state index contributed by atoms with van der Waals surface area (Å²) in [6.07, 6.45) is -2.38. The number of alkyl halides is 2. The molecule has 1 aliphatic heterocycles. The van der Waals surface area contributed by atoms with E-state index in [2.05, 4.69) is 35.2 Å². The third-order valence-corrected chi connectivity index (χ3v) is 4.36. The molecule has 0 radical (unpaired) electrons. The van der Waals surface area contributed by atoms with Gasteiger partial charge in [-0.3, -0.25) is 9.48 Å².